The van der Waals surface area contributed by atoms with E-state index >= 15 is 0 Å². The van der Waals surface area contributed by atoms with E-state index in [1.54, 1.807) is 6.08 Å². The molecule has 8 nitrogen and oxygen atoms in total. The quantitative estimate of drug-likeness (QED) is 0.0379. The largest absolute Gasteiger partial charge is 0.474 e. The van der Waals surface area contributed by atoms with Crippen molar-refractivity contribution < 1.29 is 38.6 Å². The summed E-state index contributed by atoms with van der Waals surface area (Å²) in [6.07, 6.45) is 37.1. The second kappa shape index (κ2) is 34.6. The number of aliphatic hydroxyl groups is 3. The minimum atomic E-state index is -4.55. The van der Waals surface area contributed by atoms with Crippen molar-refractivity contribution in [2.24, 2.45) is 0 Å². The molecule has 1 rings (SSSR count). The summed E-state index contributed by atoms with van der Waals surface area (Å²) in [5.41, 5.74) is 14.2. The maximum atomic E-state index is 12.3. The van der Waals surface area contributed by atoms with Gasteiger partial charge >= 0.3 is 7.82 Å². The lowest BCUT2D eigenvalue weighted by Crippen LogP contribution is -2.34. The van der Waals surface area contributed by atoms with Gasteiger partial charge in [-0.2, -0.15) is 0 Å². The molecular weight excluding hydrogens is 820 g/mol. The number of phosphoric acid groups is 1. The maximum Gasteiger partial charge on any atom is 0.474 e. The minimum absolute atomic E-state index is 0.153. The molecule has 0 radical (unpaired) electrons. The lowest BCUT2D eigenvalue weighted by Gasteiger charge is -2.18. The second-order valence-electron chi connectivity index (χ2n) is 18.7. The van der Waals surface area contributed by atoms with Crippen LogP contribution in [0.15, 0.2) is 116 Å². The van der Waals surface area contributed by atoms with E-state index in [9.17, 15) is 19.7 Å². The van der Waals surface area contributed by atoms with Crippen molar-refractivity contribution in [1.82, 2.24) is 0 Å². The molecule has 1 saturated heterocycles. The first-order chi connectivity index (χ1) is 30.3. The zero-order chi connectivity index (χ0) is 47.9. The van der Waals surface area contributed by atoms with Crippen molar-refractivity contribution in [3.05, 3.63) is 116 Å². The molecule has 1 unspecified atom stereocenters. The van der Waals surface area contributed by atoms with Gasteiger partial charge in [0.05, 0.1) is 13.2 Å². The third-order valence-electron chi connectivity index (χ3n) is 11.7. The summed E-state index contributed by atoms with van der Waals surface area (Å²) in [5.74, 6) is 0. The van der Waals surface area contributed by atoms with E-state index in [1.165, 1.54) is 63.0 Å². The number of rotatable bonds is 33. The normalized spacial score (nSPS) is 21.2. The van der Waals surface area contributed by atoms with Crippen molar-refractivity contribution >= 4 is 7.82 Å². The van der Waals surface area contributed by atoms with Crippen LogP contribution in [0.2, 0.25) is 0 Å². The molecule has 364 valence electrons. The predicted molar refractivity (Wildman–Crippen MR) is 271 cm³/mol. The van der Waals surface area contributed by atoms with E-state index in [4.69, 9.17) is 18.9 Å². The Balaban J connectivity index is 2.25. The van der Waals surface area contributed by atoms with Gasteiger partial charge in [-0.15, -0.1) is 0 Å². The van der Waals surface area contributed by atoms with E-state index in [0.29, 0.717) is 0 Å². The zero-order valence-corrected chi connectivity index (χ0v) is 43.0. The Labute approximate surface area is 391 Å². The Morgan fingerprint density at radius 2 is 0.719 bits per heavy atom. The number of hydrogen-bond donors (Lipinski definition) is 4. The first-order valence-electron chi connectivity index (χ1n) is 24.1. The Morgan fingerprint density at radius 3 is 0.969 bits per heavy atom. The Hall–Kier alpha value is -2.65. The smallest absolute Gasteiger partial charge is 0.394 e. The molecule has 0 bridgehead atoms. The first kappa shape index (κ1) is 59.4. The number of aliphatic hydroxyl groups excluding tert-OH is 3. The van der Waals surface area contributed by atoms with Crippen molar-refractivity contribution in [3.8, 4) is 0 Å². The SMILES string of the molecule is CC(C)=CCCC(C)=CCCC(C)=CCCC(C)=CCCC(C)=CCCC(C)=CCCC(C)=CCCC(C)=CCCC(C)=CCCC(C)=CCOP(=O)(O)O[C@@H]1O[C@H](CO)[C@@H](O)[C@H]1O. The highest BCUT2D eigenvalue weighted by Gasteiger charge is 2.46. The summed E-state index contributed by atoms with van der Waals surface area (Å²) in [6.45, 7) is 23.6. The molecule has 1 heterocycles. The van der Waals surface area contributed by atoms with Gasteiger partial charge < -0.3 is 24.9 Å². The minimum Gasteiger partial charge on any atom is -0.394 e. The molecule has 0 aromatic heterocycles. The molecule has 4 N–H and O–H groups in total. The molecule has 64 heavy (non-hydrogen) atoms. The zero-order valence-electron chi connectivity index (χ0n) is 42.1. The van der Waals surface area contributed by atoms with Gasteiger partial charge in [0, 0.05) is 0 Å². The van der Waals surface area contributed by atoms with Gasteiger partial charge in [-0.1, -0.05) is 116 Å². The van der Waals surface area contributed by atoms with Crippen LogP contribution < -0.4 is 0 Å². The Kier molecular flexibility index (Phi) is 32.1. The third kappa shape index (κ3) is 30.5. The average Bonchev–Trinajstić information content (AvgIpc) is 3.47. The number of ether oxygens (including phenoxy) is 1. The number of phosphoric ester groups is 1. The summed E-state index contributed by atoms with van der Waals surface area (Å²) >= 11 is 0. The lowest BCUT2D eigenvalue weighted by atomic mass is 10.0. The Morgan fingerprint density at radius 1 is 0.453 bits per heavy atom. The van der Waals surface area contributed by atoms with E-state index in [-0.39, 0.29) is 6.61 Å². The molecule has 0 aromatic rings. The van der Waals surface area contributed by atoms with Gasteiger partial charge in [0.15, 0.2) is 6.29 Å². The summed E-state index contributed by atoms with van der Waals surface area (Å²) < 4.78 is 27.2. The molecule has 1 aliphatic heterocycles. The standard InChI is InChI=1S/C55H91O8P/c1-42(2)21-12-22-43(3)23-13-24-44(4)25-14-26-45(5)27-15-28-46(6)29-16-30-47(7)31-17-32-48(8)33-18-34-49(9)35-19-36-50(10)37-20-38-51(11)39-40-61-64(59,60)63-55-54(58)53(57)52(41-56)62-55/h21,23,25,27,29,31,33,35,37,39,52-58H,12-20,22,24,26,28,30,32,34,36,38,40-41H2,1-11H3,(H,59,60)/t52-,53-,54-,55+/m1/s1. The summed E-state index contributed by atoms with van der Waals surface area (Å²) in [5, 5.41) is 28.9. The summed E-state index contributed by atoms with van der Waals surface area (Å²) in [6, 6.07) is 0. The molecule has 0 saturated carbocycles. The molecule has 0 aliphatic carbocycles. The fourth-order valence-electron chi connectivity index (χ4n) is 7.26. The molecule has 1 aliphatic rings. The molecule has 0 spiro atoms. The topological polar surface area (TPSA) is 126 Å². The summed E-state index contributed by atoms with van der Waals surface area (Å²) in [7, 11) is -4.55. The van der Waals surface area contributed by atoms with Crippen LogP contribution in [0.25, 0.3) is 0 Å². The van der Waals surface area contributed by atoms with E-state index in [2.05, 4.69) is 124 Å². The fourth-order valence-corrected chi connectivity index (χ4v) is 8.03. The molecule has 1 fully saturated rings. The van der Waals surface area contributed by atoms with Crippen molar-refractivity contribution in [1.29, 1.82) is 0 Å². The van der Waals surface area contributed by atoms with Crippen LogP contribution in [0.5, 0.6) is 0 Å². The maximum absolute atomic E-state index is 12.3. The fraction of sp³-hybridized carbons (Fsp3) is 0.636. The number of hydrogen-bond acceptors (Lipinski definition) is 7. The predicted octanol–water partition coefficient (Wildman–Crippen LogP) is 15.1. The van der Waals surface area contributed by atoms with Crippen molar-refractivity contribution in [2.75, 3.05) is 13.2 Å². The molecule has 5 atom stereocenters. The van der Waals surface area contributed by atoms with E-state index in [0.717, 1.165) is 108 Å². The highest BCUT2D eigenvalue weighted by Crippen LogP contribution is 2.46. The highest BCUT2D eigenvalue weighted by molar-refractivity contribution is 7.47. The van der Waals surface area contributed by atoms with Crippen LogP contribution in [0, 0.1) is 0 Å². The van der Waals surface area contributed by atoms with Crippen LogP contribution in [0.4, 0.5) is 0 Å². The van der Waals surface area contributed by atoms with Crippen LogP contribution in [-0.4, -0.2) is 58.0 Å². The van der Waals surface area contributed by atoms with Gasteiger partial charge in [-0.3, -0.25) is 9.05 Å². The number of allylic oxidation sites excluding steroid dienone is 19. The van der Waals surface area contributed by atoms with Crippen LogP contribution in [-0.2, 0) is 18.3 Å². The second-order valence-corrected chi connectivity index (χ2v) is 20.1. The molecule has 0 amide bonds. The monoisotopic (exact) mass is 911 g/mol. The molecule has 9 heteroatoms. The van der Waals surface area contributed by atoms with Crippen LogP contribution >= 0.6 is 7.82 Å². The third-order valence-corrected chi connectivity index (χ3v) is 12.7. The van der Waals surface area contributed by atoms with Crippen molar-refractivity contribution in [2.45, 2.75) is 216 Å². The van der Waals surface area contributed by atoms with Gasteiger partial charge in [-0.25, -0.2) is 4.57 Å². The molecule has 0 aromatic carbocycles. The Bertz CT molecular complexity index is 1710. The van der Waals surface area contributed by atoms with E-state index in [1.807, 2.05) is 6.92 Å². The van der Waals surface area contributed by atoms with Gasteiger partial charge in [0.1, 0.15) is 18.3 Å². The van der Waals surface area contributed by atoms with Crippen LogP contribution in [0.1, 0.15) is 192 Å². The van der Waals surface area contributed by atoms with Crippen LogP contribution in [0.3, 0.4) is 0 Å². The lowest BCUT2D eigenvalue weighted by molar-refractivity contribution is -0.127. The highest BCUT2D eigenvalue weighted by atomic mass is 31.2. The van der Waals surface area contributed by atoms with Crippen molar-refractivity contribution in [3.63, 3.8) is 0 Å². The average molecular weight is 911 g/mol. The van der Waals surface area contributed by atoms with Gasteiger partial charge in [0.2, 0.25) is 0 Å². The van der Waals surface area contributed by atoms with Gasteiger partial charge in [0.25, 0.3) is 0 Å². The summed E-state index contributed by atoms with van der Waals surface area (Å²) in [4.78, 5) is 9.97. The first-order valence-corrected chi connectivity index (χ1v) is 25.6. The molecular formula is C55H91O8P. The van der Waals surface area contributed by atoms with Gasteiger partial charge in [-0.05, 0) is 192 Å². The van der Waals surface area contributed by atoms with E-state index < -0.39 is 39.0 Å².